The van der Waals surface area contributed by atoms with E-state index in [9.17, 15) is 4.79 Å². The second-order valence-electron chi connectivity index (χ2n) is 3.21. The molecule has 1 heterocycles. The third-order valence-electron chi connectivity index (χ3n) is 2.03. The number of carboxylic acids is 1. The van der Waals surface area contributed by atoms with Gasteiger partial charge in [-0.3, -0.25) is 4.98 Å². The SMILES string of the molecule is O=C(O)c1ccc(OCc2cncs2)c(Br)c1. The Balaban J connectivity index is 2.09. The number of thiazole rings is 1. The lowest BCUT2D eigenvalue weighted by molar-refractivity contribution is 0.0697. The van der Waals surface area contributed by atoms with Crippen molar-refractivity contribution in [2.24, 2.45) is 0 Å². The van der Waals surface area contributed by atoms with Gasteiger partial charge in [0.1, 0.15) is 12.4 Å². The maximum Gasteiger partial charge on any atom is 0.335 e. The van der Waals surface area contributed by atoms with Crippen LogP contribution in [0.2, 0.25) is 0 Å². The highest BCUT2D eigenvalue weighted by Gasteiger charge is 2.07. The van der Waals surface area contributed by atoms with Gasteiger partial charge in [0.2, 0.25) is 0 Å². The number of nitrogens with zero attached hydrogens (tertiary/aromatic N) is 1. The molecule has 0 fully saturated rings. The fraction of sp³-hybridized carbons (Fsp3) is 0.0909. The minimum absolute atomic E-state index is 0.224. The monoisotopic (exact) mass is 313 g/mol. The average molecular weight is 314 g/mol. The van der Waals surface area contributed by atoms with Crippen LogP contribution in [0.3, 0.4) is 0 Å². The summed E-state index contributed by atoms with van der Waals surface area (Å²) < 4.78 is 6.17. The Morgan fingerprint density at radius 1 is 1.53 bits per heavy atom. The molecule has 0 saturated carbocycles. The van der Waals surface area contributed by atoms with Gasteiger partial charge in [-0.05, 0) is 34.1 Å². The first kappa shape index (κ1) is 12.1. The summed E-state index contributed by atoms with van der Waals surface area (Å²) >= 11 is 4.79. The number of carbonyl (C=O) groups is 1. The van der Waals surface area contributed by atoms with E-state index < -0.39 is 5.97 Å². The maximum absolute atomic E-state index is 10.7. The van der Waals surface area contributed by atoms with Crippen LogP contribution in [-0.4, -0.2) is 16.1 Å². The number of benzene rings is 1. The van der Waals surface area contributed by atoms with Gasteiger partial charge < -0.3 is 9.84 Å². The average Bonchev–Trinajstić information content (AvgIpc) is 2.80. The molecule has 0 aliphatic carbocycles. The molecule has 4 nitrogen and oxygen atoms in total. The van der Waals surface area contributed by atoms with Crippen molar-refractivity contribution in [1.82, 2.24) is 4.98 Å². The highest BCUT2D eigenvalue weighted by molar-refractivity contribution is 9.10. The van der Waals surface area contributed by atoms with E-state index >= 15 is 0 Å². The summed E-state index contributed by atoms with van der Waals surface area (Å²) in [5.74, 6) is -0.344. The zero-order valence-corrected chi connectivity index (χ0v) is 11.0. The highest BCUT2D eigenvalue weighted by atomic mass is 79.9. The van der Waals surface area contributed by atoms with Gasteiger partial charge in [-0.2, -0.15) is 0 Å². The first-order valence-electron chi connectivity index (χ1n) is 4.70. The third kappa shape index (κ3) is 3.04. The minimum atomic E-state index is -0.959. The van der Waals surface area contributed by atoms with Crippen LogP contribution < -0.4 is 4.74 Å². The third-order valence-corrected chi connectivity index (χ3v) is 3.41. The number of aromatic nitrogens is 1. The molecule has 88 valence electrons. The summed E-state index contributed by atoms with van der Waals surface area (Å²) in [5, 5.41) is 8.81. The number of ether oxygens (including phenoxy) is 1. The van der Waals surface area contributed by atoms with Crippen molar-refractivity contribution in [2.45, 2.75) is 6.61 Å². The lowest BCUT2D eigenvalue weighted by atomic mass is 10.2. The Kier molecular flexibility index (Phi) is 3.75. The van der Waals surface area contributed by atoms with Gasteiger partial charge in [-0.1, -0.05) is 0 Å². The predicted octanol–water partition coefficient (Wildman–Crippen LogP) is 3.18. The lowest BCUT2D eigenvalue weighted by Gasteiger charge is -2.07. The summed E-state index contributed by atoms with van der Waals surface area (Å²) in [5.41, 5.74) is 1.96. The summed E-state index contributed by atoms with van der Waals surface area (Å²) in [6.45, 7) is 0.426. The highest BCUT2D eigenvalue weighted by Crippen LogP contribution is 2.27. The molecule has 0 saturated heterocycles. The van der Waals surface area contributed by atoms with Crippen LogP contribution in [0.4, 0.5) is 0 Å². The quantitative estimate of drug-likeness (QED) is 0.941. The van der Waals surface area contributed by atoms with Crippen LogP contribution in [0.1, 0.15) is 15.2 Å². The van der Waals surface area contributed by atoms with Crippen molar-refractivity contribution in [3.05, 3.63) is 44.8 Å². The Labute approximate surface area is 110 Å². The van der Waals surface area contributed by atoms with Crippen molar-refractivity contribution < 1.29 is 14.6 Å². The molecular weight excluding hydrogens is 306 g/mol. The van der Waals surface area contributed by atoms with Crippen LogP contribution in [0, 0.1) is 0 Å². The van der Waals surface area contributed by atoms with Crippen LogP contribution in [0.25, 0.3) is 0 Å². The van der Waals surface area contributed by atoms with E-state index in [1.54, 1.807) is 17.8 Å². The van der Waals surface area contributed by atoms with Gasteiger partial charge in [-0.15, -0.1) is 11.3 Å². The Bertz CT molecular complexity index is 528. The van der Waals surface area contributed by atoms with E-state index in [4.69, 9.17) is 9.84 Å². The van der Waals surface area contributed by atoms with Crippen molar-refractivity contribution in [2.75, 3.05) is 0 Å². The van der Waals surface area contributed by atoms with E-state index in [0.29, 0.717) is 16.8 Å². The fourth-order valence-corrected chi connectivity index (χ4v) is 2.21. The van der Waals surface area contributed by atoms with Crippen LogP contribution in [0.15, 0.2) is 34.4 Å². The molecule has 0 unspecified atom stereocenters. The molecule has 6 heteroatoms. The van der Waals surface area contributed by atoms with Gasteiger partial charge in [0.25, 0.3) is 0 Å². The molecule has 1 N–H and O–H groups in total. The molecule has 17 heavy (non-hydrogen) atoms. The van der Waals surface area contributed by atoms with Gasteiger partial charge in [-0.25, -0.2) is 4.79 Å². The zero-order chi connectivity index (χ0) is 12.3. The normalized spacial score (nSPS) is 10.2. The molecule has 0 amide bonds. The number of carboxylic acid groups (broad SMARTS) is 1. The molecular formula is C11H8BrNO3S. The van der Waals surface area contributed by atoms with Crippen molar-refractivity contribution in [3.63, 3.8) is 0 Å². The Hall–Kier alpha value is -1.40. The predicted molar refractivity (Wildman–Crippen MR) is 67.5 cm³/mol. The second kappa shape index (κ2) is 5.29. The van der Waals surface area contributed by atoms with Gasteiger partial charge in [0, 0.05) is 6.20 Å². The second-order valence-corrected chi connectivity index (χ2v) is 5.03. The number of hydrogen-bond donors (Lipinski definition) is 1. The molecule has 1 aromatic heterocycles. The molecule has 0 aliphatic heterocycles. The van der Waals surface area contributed by atoms with Gasteiger partial charge >= 0.3 is 5.97 Å². The van der Waals surface area contributed by atoms with E-state index in [1.807, 2.05) is 0 Å². The van der Waals surface area contributed by atoms with Crippen molar-refractivity contribution >= 4 is 33.2 Å². The number of rotatable bonds is 4. The van der Waals surface area contributed by atoms with Crippen molar-refractivity contribution in [1.29, 1.82) is 0 Å². The molecule has 0 radical (unpaired) electrons. The van der Waals surface area contributed by atoms with Crippen LogP contribution >= 0.6 is 27.3 Å². The standard InChI is InChI=1S/C11H8BrNO3S/c12-9-3-7(11(14)15)1-2-10(9)16-5-8-4-13-6-17-8/h1-4,6H,5H2,(H,14,15). The first-order valence-corrected chi connectivity index (χ1v) is 6.37. The topological polar surface area (TPSA) is 59.4 Å². The van der Waals surface area contributed by atoms with E-state index in [1.165, 1.54) is 23.5 Å². The largest absolute Gasteiger partial charge is 0.487 e. The van der Waals surface area contributed by atoms with Crippen LogP contribution in [0.5, 0.6) is 5.75 Å². The smallest absolute Gasteiger partial charge is 0.335 e. The minimum Gasteiger partial charge on any atom is -0.487 e. The van der Waals surface area contributed by atoms with E-state index in [-0.39, 0.29) is 5.56 Å². The maximum atomic E-state index is 10.7. The summed E-state index contributed by atoms with van der Waals surface area (Å²) in [7, 11) is 0. The van der Waals surface area contributed by atoms with Gasteiger partial charge in [0.05, 0.1) is 20.4 Å². The zero-order valence-electron chi connectivity index (χ0n) is 8.59. The summed E-state index contributed by atoms with van der Waals surface area (Å²) in [6.07, 6.45) is 1.74. The molecule has 0 bridgehead atoms. The van der Waals surface area contributed by atoms with Crippen LogP contribution in [-0.2, 0) is 6.61 Å². The summed E-state index contributed by atoms with van der Waals surface area (Å²) in [4.78, 5) is 15.7. The number of hydrogen-bond acceptors (Lipinski definition) is 4. The van der Waals surface area contributed by atoms with E-state index in [0.717, 1.165) is 4.88 Å². The molecule has 0 spiro atoms. The molecule has 0 atom stereocenters. The van der Waals surface area contributed by atoms with E-state index in [2.05, 4.69) is 20.9 Å². The first-order chi connectivity index (χ1) is 8.16. The molecule has 1 aromatic carbocycles. The number of aromatic carboxylic acids is 1. The van der Waals surface area contributed by atoms with Crippen molar-refractivity contribution in [3.8, 4) is 5.75 Å². The molecule has 2 aromatic rings. The molecule has 2 rings (SSSR count). The summed E-state index contributed by atoms with van der Waals surface area (Å²) in [6, 6.07) is 4.66. The fourth-order valence-electron chi connectivity index (χ4n) is 1.21. The Morgan fingerprint density at radius 3 is 2.94 bits per heavy atom. The Morgan fingerprint density at radius 2 is 2.35 bits per heavy atom. The lowest BCUT2D eigenvalue weighted by Crippen LogP contribution is -1.98. The van der Waals surface area contributed by atoms with Gasteiger partial charge in [0.15, 0.2) is 0 Å². The number of halogens is 1. The molecule has 0 aliphatic rings.